The topological polar surface area (TPSA) is 83.9 Å². The van der Waals surface area contributed by atoms with Crippen molar-refractivity contribution in [3.8, 4) is 6.07 Å². The third kappa shape index (κ3) is 2.20. The molecule has 0 saturated heterocycles. The van der Waals surface area contributed by atoms with Crippen LogP contribution in [-0.4, -0.2) is 19.2 Å². The third-order valence-corrected chi connectivity index (χ3v) is 6.52. The van der Waals surface area contributed by atoms with E-state index in [4.69, 9.17) is 17.3 Å². The number of hydrogen-bond acceptors (Lipinski definition) is 4. The van der Waals surface area contributed by atoms with Crippen LogP contribution in [0.15, 0.2) is 59.5 Å². The first-order valence-electron chi connectivity index (χ1n) is 6.66. The zero-order valence-electron chi connectivity index (χ0n) is 11.5. The van der Waals surface area contributed by atoms with Crippen molar-refractivity contribution in [3.63, 3.8) is 0 Å². The SMILES string of the molecule is N#C[C@]1(N)[C@H](c2ccccc2)[C@@H]1S(=O)(=O)c1ccc(Cl)cc1. The highest BCUT2D eigenvalue weighted by atomic mass is 35.5. The Hall–Kier alpha value is -1.87. The van der Waals surface area contributed by atoms with Crippen molar-refractivity contribution in [2.24, 2.45) is 5.73 Å². The van der Waals surface area contributed by atoms with E-state index in [1.54, 1.807) is 24.3 Å². The number of nitrogens with two attached hydrogens (primary N) is 1. The maximum Gasteiger partial charge on any atom is 0.184 e. The monoisotopic (exact) mass is 332 g/mol. The fraction of sp³-hybridized carbons (Fsp3) is 0.188. The van der Waals surface area contributed by atoms with Crippen molar-refractivity contribution in [2.75, 3.05) is 0 Å². The quantitative estimate of drug-likeness (QED) is 0.936. The lowest BCUT2D eigenvalue weighted by molar-refractivity contribution is 0.592. The highest BCUT2D eigenvalue weighted by Gasteiger charge is 2.70. The fourth-order valence-electron chi connectivity index (χ4n) is 2.83. The average molecular weight is 333 g/mol. The molecule has 0 aromatic heterocycles. The number of rotatable bonds is 3. The summed E-state index contributed by atoms with van der Waals surface area (Å²) >= 11 is 5.79. The van der Waals surface area contributed by atoms with E-state index in [9.17, 15) is 13.7 Å². The fourth-order valence-corrected chi connectivity index (χ4v) is 5.13. The van der Waals surface area contributed by atoms with Crippen molar-refractivity contribution >= 4 is 21.4 Å². The van der Waals surface area contributed by atoms with Crippen molar-refractivity contribution in [1.29, 1.82) is 5.26 Å². The highest BCUT2D eigenvalue weighted by Crippen LogP contribution is 2.55. The predicted octanol–water partition coefficient (Wildman–Crippen LogP) is 2.50. The van der Waals surface area contributed by atoms with E-state index in [2.05, 4.69) is 0 Å². The van der Waals surface area contributed by atoms with Crippen molar-refractivity contribution in [3.05, 3.63) is 65.2 Å². The Morgan fingerprint density at radius 2 is 1.68 bits per heavy atom. The lowest BCUT2D eigenvalue weighted by Crippen LogP contribution is -2.29. The van der Waals surface area contributed by atoms with E-state index in [1.165, 1.54) is 24.3 Å². The average Bonchev–Trinajstić information content (AvgIpc) is 3.16. The summed E-state index contributed by atoms with van der Waals surface area (Å²) in [7, 11) is -3.71. The van der Waals surface area contributed by atoms with Crippen LogP contribution < -0.4 is 5.73 Å². The van der Waals surface area contributed by atoms with Crippen molar-refractivity contribution in [2.45, 2.75) is 21.6 Å². The molecule has 0 bridgehead atoms. The van der Waals surface area contributed by atoms with Gasteiger partial charge in [-0.25, -0.2) is 8.42 Å². The normalized spacial score (nSPS) is 27.1. The van der Waals surface area contributed by atoms with Crippen LogP contribution in [0.5, 0.6) is 0 Å². The molecule has 0 amide bonds. The van der Waals surface area contributed by atoms with Gasteiger partial charge in [-0.3, -0.25) is 0 Å². The molecule has 1 aliphatic carbocycles. The summed E-state index contributed by atoms with van der Waals surface area (Å²) in [4.78, 5) is 0.130. The summed E-state index contributed by atoms with van der Waals surface area (Å²) in [5, 5.41) is 8.86. The van der Waals surface area contributed by atoms with E-state index >= 15 is 0 Å². The zero-order valence-corrected chi connectivity index (χ0v) is 13.1. The first kappa shape index (κ1) is 15.0. The van der Waals surface area contributed by atoms with Gasteiger partial charge in [0.05, 0.1) is 11.0 Å². The molecule has 1 aliphatic rings. The smallest absolute Gasteiger partial charge is 0.184 e. The van der Waals surface area contributed by atoms with E-state index < -0.39 is 26.5 Å². The van der Waals surface area contributed by atoms with Crippen LogP contribution in [0.4, 0.5) is 0 Å². The summed E-state index contributed by atoms with van der Waals surface area (Å²) in [6.45, 7) is 0. The van der Waals surface area contributed by atoms with Gasteiger partial charge in [-0.1, -0.05) is 41.9 Å². The van der Waals surface area contributed by atoms with Gasteiger partial charge in [-0.15, -0.1) is 0 Å². The highest BCUT2D eigenvalue weighted by molar-refractivity contribution is 7.92. The molecule has 0 aliphatic heterocycles. The molecule has 0 radical (unpaired) electrons. The Kier molecular flexibility index (Phi) is 3.48. The molecule has 0 spiro atoms. The van der Waals surface area contributed by atoms with Gasteiger partial charge in [0, 0.05) is 10.9 Å². The van der Waals surface area contributed by atoms with Crippen LogP contribution in [0, 0.1) is 11.3 Å². The summed E-state index contributed by atoms with van der Waals surface area (Å²) in [5.74, 6) is -0.528. The molecule has 1 fully saturated rings. The van der Waals surface area contributed by atoms with Gasteiger partial charge in [0.25, 0.3) is 0 Å². The molecule has 3 rings (SSSR count). The molecule has 1 saturated carbocycles. The molecular formula is C16H13ClN2O2S. The minimum absolute atomic E-state index is 0.130. The Labute approximate surface area is 134 Å². The molecule has 3 atom stereocenters. The molecule has 112 valence electrons. The molecule has 4 nitrogen and oxygen atoms in total. The van der Waals surface area contributed by atoms with Gasteiger partial charge in [0.15, 0.2) is 9.84 Å². The van der Waals surface area contributed by atoms with E-state index in [0.29, 0.717) is 5.02 Å². The minimum Gasteiger partial charge on any atom is -0.312 e. The van der Waals surface area contributed by atoms with E-state index in [-0.39, 0.29) is 4.90 Å². The van der Waals surface area contributed by atoms with Crippen LogP contribution in [0.2, 0.25) is 5.02 Å². The molecule has 2 aromatic carbocycles. The number of benzene rings is 2. The summed E-state index contributed by atoms with van der Waals surface area (Å²) in [5.41, 5.74) is 5.41. The molecule has 0 heterocycles. The van der Waals surface area contributed by atoms with Crippen LogP contribution in [0.3, 0.4) is 0 Å². The number of nitriles is 1. The first-order chi connectivity index (χ1) is 10.4. The Balaban J connectivity index is 2.04. The van der Waals surface area contributed by atoms with E-state index in [0.717, 1.165) is 5.56 Å². The van der Waals surface area contributed by atoms with Gasteiger partial charge in [-0.05, 0) is 29.8 Å². The number of sulfone groups is 1. The summed E-state index contributed by atoms with van der Waals surface area (Å²) < 4.78 is 25.6. The lowest BCUT2D eigenvalue weighted by atomic mass is 10.1. The maximum absolute atomic E-state index is 12.8. The molecule has 6 heteroatoms. The molecular weight excluding hydrogens is 320 g/mol. The molecule has 0 unspecified atom stereocenters. The van der Waals surface area contributed by atoms with Crippen LogP contribution in [-0.2, 0) is 9.84 Å². The molecule has 22 heavy (non-hydrogen) atoms. The largest absolute Gasteiger partial charge is 0.312 e. The van der Waals surface area contributed by atoms with Gasteiger partial charge in [0.1, 0.15) is 10.8 Å². The second-order valence-corrected chi connectivity index (χ2v) is 7.86. The second-order valence-electron chi connectivity index (χ2n) is 5.35. The molecule has 2 aromatic rings. The lowest BCUT2D eigenvalue weighted by Gasteiger charge is -2.04. The summed E-state index contributed by atoms with van der Waals surface area (Å²) in [6.07, 6.45) is 0. The maximum atomic E-state index is 12.8. The number of hydrogen-bond donors (Lipinski definition) is 1. The van der Waals surface area contributed by atoms with Crippen LogP contribution in [0.25, 0.3) is 0 Å². The first-order valence-corrected chi connectivity index (χ1v) is 8.58. The predicted molar refractivity (Wildman–Crippen MR) is 84.1 cm³/mol. The Bertz CT molecular complexity index is 844. The van der Waals surface area contributed by atoms with Gasteiger partial charge in [0.2, 0.25) is 0 Å². The third-order valence-electron chi connectivity index (χ3n) is 4.01. The van der Waals surface area contributed by atoms with Gasteiger partial charge >= 0.3 is 0 Å². The second kappa shape index (κ2) is 5.10. The minimum atomic E-state index is -3.71. The molecule has 2 N–H and O–H groups in total. The van der Waals surface area contributed by atoms with Crippen molar-refractivity contribution in [1.82, 2.24) is 0 Å². The van der Waals surface area contributed by atoms with Crippen molar-refractivity contribution < 1.29 is 8.42 Å². The van der Waals surface area contributed by atoms with Crippen LogP contribution in [0.1, 0.15) is 11.5 Å². The van der Waals surface area contributed by atoms with Gasteiger partial charge < -0.3 is 5.73 Å². The van der Waals surface area contributed by atoms with E-state index in [1.807, 2.05) is 12.1 Å². The van der Waals surface area contributed by atoms with Crippen LogP contribution >= 0.6 is 11.6 Å². The number of nitrogens with zero attached hydrogens (tertiary/aromatic N) is 1. The zero-order chi connectivity index (χ0) is 16.0. The Morgan fingerprint density at radius 3 is 2.23 bits per heavy atom. The number of halogens is 1. The summed E-state index contributed by atoms with van der Waals surface area (Å²) in [6, 6.07) is 16.9. The van der Waals surface area contributed by atoms with Gasteiger partial charge in [-0.2, -0.15) is 5.26 Å². The Morgan fingerprint density at radius 1 is 1.09 bits per heavy atom. The standard InChI is InChI=1S/C16H13ClN2O2S/c17-12-6-8-13(9-7-12)22(20,21)15-14(16(15,19)10-18)11-4-2-1-3-5-11/h1-9,14-15H,19H2/t14-,15+,16+/m1/s1.